The van der Waals surface area contributed by atoms with Gasteiger partial charge in [0.25, 0.3) is 5.24 Å². The highest BCUT2D eigenvalue weighted by atomic mass is 32.2. The summed E-state index contributed by atoms with van der Waals surface area (Å²) in [4.78, 5) is 10.6. The van der Waals surface area contributed by atoms with Crippen LogP contribution < -0.4 is 5.32 Å². The molecule has 0 heterocycles. The maximum atomic E-state index is 10.6. The highest BCUT2D eigenvalue weighted by Crippen LogP contribution is 1.90. The minimum atomic E-state index is -0.000275. The largest absolute Gasteiger partial charge is 0.380 e. The van der Waals surface area contributed by atoms with E-state index in [4.69, 9.17) is 4.74 Å². The Labute approximate surface area is 65.5 Å². The van der Waals surface area contributed by atoms with E-state index in [1.165, 1.54) is 11.8 Å². The Hall–Kier alpha value is -0.220. The van der Waals surface area contributed by atoms with Crippen LogP contribution in [-0.2, 0) is 4.74 Å². The Morgan fingerprint density at radius 3 is 2.90 bits per heavy atom. The molecule has 0 aliphatic rings. The van der Waals surface area contributed by atoms with Crippen molar-refractivity contribution in [2.45, 2.75) is 6.92 Å². The zero-order valence-electron chi connectivity index (χ0n) is 6.35. The summed E-state index contributed by atoms with van der Waals surface area (Å²) in [6.45, 7) is 3.84. The molecule has 3 nitrogen and oxygen atoms in total. The smallest absolute Gasteiger partial charge is 0.278 e. The van der Waals surface area contributed by atoms with Gasteiger partial charge in [0.15, 0.2) is 0 Å². The number of hydrogen-bond acceptors (Lipinski definition) is 3. The van der Waals surface area contributed by atoms with Gasteiger partial charge in [-0.3, -0.25) is 4.79 Å². The predicted molar refractivity (Wildman–Crippen MR) is 43.4 cm³/mol. The summed E-state index contributed by atoms with van der Waals surface area (Å²) >= 11 is 1.18. The summed E-state index contributed by atoms with van der Waals surface area (Å²) in [7, 11) is 0. The van der Waals surface area contributed by atoms with Gasteiger partial charge in [-0.1, -0.05) is 11.8 Å². The molecule has 1 N–H and O–H groups in total. The van der Waals surface area contributed by atoms with E-state index in [-0.39, 0.29) is 5.24 Å². The van der Waals surface area contributed by atoms with Gasteiger partial charge in [-0.25, -0.2) is 0 Å². The lowest BCUT2D eigenvalue weighted by Gasteiger charge is -2.01. The third-order valence-corrected chi connectivity index (χ3v) is 1.42. The topological polar surface area (TPSA) is 38.3 Å². The molecule has 0 fully saturated rings. The van der Waals surface area contributed by atoms with Crippen molar-refractivity contribution in [1.82, 2.24) is 5.32 Å². The van der Waals surface area contributed by atoms with Crippen LogP contribution in [0.4, 0.5) is 4.79 Å². The number of amides is 1. The van der Waals surface area contributed by atoms with Crippen molar-refractivity contribution in [2.24, 2.45) is 0 Å². The van der Waals surface area contributed by atoms with Crippen molar-refractivity contribution in [2.75, 3.05) is 26.0 Å². The second-order valence-electron chi connectivity index (χ2n) is 1.62. The van der Waals surface area contributed by atoms with Crippen LogP contribution >= 0.6 is 11.8 Å². The fourth-order valence-corrected chi connectivity index (χ4v) is 0.688. The van der Waals surface area contributed by atoms with Gasteiger partial charge in [0, 0.05) is 13.2 Å². The van der Waals surface area contributed by atoms with E-state index in [9.17, 15) is 4.79 Å². The van der Waals surface area contributed by atoms with Crippen LogP contribution in [0.25, 0.3) is 0 Å². The van der Waals surface area contributed by atoms with Crippen molar-refractivity contribution in [3.05, 3.63) is 0 Å². The average molecular weight is 163 g/mol. The molecule has 0 radical (unpaired) electrons. The van der Waals surface area contributed by atoms with Gasteiger partial charge >= 0.3 is 0 Å². The number of carbonyl (C=O) groups is 1. The molecule has 0 rings (SSSR count). The van der Waals surface area contributed by atoms with Gasteiger partial charge in [-0.05, 0) is 13.2 Å². The summed E-state index contributed by atoms with van der Waals surface area (Å²) in [6.07, 6.45) is 1.75. The monoisotopic (exact) mass is 163 g/mol. The number of carbonyl (C=O) groups excluding carboxylic acids is 1. The molecule has 0 saturated carbocycles. The van der Waals surface area contributed by atoms with Crippen LogP contribution in [0.3, 0.4) is 0 Å². The van der Waals surface area contributed by atoms with Crippen molar-refractivity contribution < 1.29 is 9.53 Å². The molecule has 1 amide bonds. The molecule has 0 aromatic carbocycles. The standard InChI is InChI=1S/C6H13NO2S/c1-3-9-5-4-7-6(8)10-2/h3-5H2,1-2H3,(H,7,8). The summed E-state index contributed by atoms with van der Waals surface area (Å²) < 4.78 is 5.00. The Kier molecular flexibility index (Phi) is 6.74. The number of hydrogen-bond donors (Lipinski definition) is 1. The van der Waals surface area contributed by atoms with Crippen LogP contribution in [0.15, 0.2) is 0 Å². The van der Waals surface area contributed by atoms with Crippen LogP contribution in [0.2, 0.25) is 0 Å². The number of nitrogens with one attached hydrogen (secondary N) is 1. The van der Waals surface area contributed by atoms with E-state index in [1.54, 1.807) is 6.26 Å². The minimum absolute atomic E-state index is 0.000275. The summed E-state index contributed by atoms with van der Waals surface area (Å²) in [5, 5.41) is 2.67. The van der Waals surface area contributed by atoms with Gasteiger partial charge in [-0.15, -0.1) is 0 Å². The first-order valence-corrected chi connectivity index (χ1v) is 4.43. The average Bonchev–Trinajstić information content (AvgIpc) is 1.98. The van der Waals surface area contributed by atoms with Crippen LogP contribution in [-0.4, -0.2) is 31.3 Å². The lowest BCUT2D eigenvalue weighted by molar-refractivity contribution is 0.151. The second kappa shape index (κ2) is 6.89. The third-order valence-electron chi connectivity index (χ3n) is 0.905. The molecule has 0 bridgehead atoms. The molecule has 0 unspecified atom stereocenters. The molecule has 60 valence electrons. The van der Waals surface area contributed by atoms with Crippen molar-refractivity contribution in [3.63, 3.8) is 0 Å². The molecule has 0 spiro atoms. The Bertz CT molecular complexity index is 97.7. The lowest BCUT2D eigenvalue weighted by atomic mass is 10.7. The fraction of sp³-hybridized carbons (Fsp3) is 0.833. The fourth-order valence-electron chi connectivity index (χ4n) is 0.442. The molecule has 0 aliphatic carbocycles. The van der Waals surface area contributed by atoms with Crippen LogP contribution in [0, 0.1) is 0 Å². The predicted octanol–water partition coefficient (Wildman–Crippen LogP) is 1.10. The Morgan fingerprint density at radius 2 is 2.40 bits per heavy atom. The third kappa shape index (κ3) is 5.91. The molecular formula is C6H13NO2S. The van der Waals surface area contributed by atoms with Crippen molar-refractivity contribution in [3.8, 4) is 0 Å². The molecule has 10 heavy (non-hydrogen) atoms. The van der Waals surface area contributed by atoms with Crippen LogP contribution in [0.1, 0.15) is 6.92 Å². The lowest BCUT2D eigenvalue weighted by Crippen LogP contribution is -2.23. The van der Waals surface area contributed by atoms with Gasteiger partial charge < -0.3 is 10.1 Å². The Balaban J connectivity index is 2.96. The number of rotatable bonds is 4. The molecule has 0 aromatic rings. The molecule has 0 aliphatic heterocycles. The maximum Gasteiger partial charge on any atom is 0.278 e. The molecule has 0 atom stereocenters. The normalized spacial score (nSPS) is 9.40. The molecular weight excluding hydrogens is 150 g/mol. The summed E-state index contributed by atoms with van der Waals surface area (Å²) in [5.41, 5.74) is 0. The van der Waals surface area contributed by atoms with E-state index in [1.807, 2.05) is 6.92 Å². The summed E-state index contributed by atoms with van der Waals surface area (Å²) in [6, 6.07) is 0. The van der Waals surface area contributed by atoms with E-state index in [0.717, 1.165) is 0 Å². The molecule has 0 saturated heterocycles. The zero-order valence-corrected chi connectivity index (χ0v) is 7.16. The quantitative estimate of drug-likeness (QED) is 0.631. The SMILES string of the molecule is CCOCCNC(=O)SC. The van der Waals surface area contributed by atoms with Crippen molar-refractivity contribution in [1.29, 1.82) is 0 Å². The van der Waals surface area contributed by atoms with Crippen molar-refractivity contribution >= 4 is 17.0 Å². The van der Waals surface area contributed by atoms with E-state index >= 15 is 0 Å². The van der Waals surface area contributed by atoms with Gasteiger partial charge in [-0.2, -0.15) is 0 Å². The second-order valence-corrected chi connectivity index (χ2v) is 2.39. The van der Waals surface area contributed by atoms with Crippen LogP contribution in [0.5, 0.6) is 0 Å². The Morgan fingerprint density at radius 1 is 1.70 bits per heavy atom. The first-order chi connectivity index (χ1) is 4.81. The van der Waals surface area contributed by atoms with E-state index in [0.29, 0.717) is 19.8 Å². The maximum absolute atomic E-state index is 10.6. The van der Waals surface area contributed by atoms with Gasteiger partial charge in [0.2, 0.25) is 0 Å². The molecule has 0 aromatic heterocycles. The number of ether oxygens (including phenoxy) is 1. The zero-order chi connectivity index (χ0) is 7.82. The molecule has 4 heteroatoms. The number of thioether (sulfide) groups is 1. The van der Waals surface area contributed by atoms with Gasteiger partial charge in [0.05, 0.1) is 6.61 Å². The van der Waals surface area contributed by atoms with Gasteiger partial charge in [0.1, 0.15) is 0 Å². The van der Waals surface area contributed by atoms with E-state index < -0.39 is 0 Å². The first-order valence-electron chi connectivity index (χ1n) is 3.20. The highest BCUT2D eigenvalue weighted by Gasteiger charge is 1.93. The highest BCUT2D eigenvalue weighted by molar-refractivity contribution is 8.12. The van der Waals surface area contributed by atoms with E-state index in [2.05, 4.69) is 5.32 Å². The first kappa shape index (κ1) is 9.78. The summed E-state index contributed by atoms with van der Waals surface area (Å²) in [5.74, 6) is 0. The minimum Gasteiger partial charge on any atom is -0.380 e.